The van der Waals surface area contributed by atoms with Gasteiger partial charge in [0.05, 0.1) is 11.0 Å². The van der Waals surface area contributed by atoms with Crippen LogP contribution >= 0.6 is 15.9 Å². The molecule has 17 heavy (non-hydrogen) atoms. The van der Waals surface area contributed by atoms with Crippen LogP contribution in [0, 0.1) is 0 Å². The summed E-state index contributed by atoms with van der Waals surface area (Å²) in [4.78, 5) is 4.43. The minimum absolute atomic E-state index is 0.259. The summed E-state index contributed by atoms with van der Waals surface area (Å²) in [6, 6.07) is 15.0. The Bertz CT molecular complexity index is 673. The highest BCUT2D eigenvalue weighted by molar-refractivity contribution is 9.10. The van der Waals surface area contributed by atoms with E-state index >= 15 is 0 Å². The first-order chi connectivity index (χ1) is 8.25. The fourth-order valence-electron chi connectivity index (χ4n) is 1.84. The molecular weight excluding hydrogens is 280 g/mol. The van der Waals surface area contributed by atoms with Crippen molar-refractivity contribution in [3.63, 3.8) is 0 Å². The zero-order chi connectivity index (χ0) is 11.8. The van der Waals surface area contributed by atoms with E-state index in [9.17, 15) is 5.11 Å². The first-order valence-corrected chi connectivity index (χ1v) is 5.97. The van der Waals surface area contributed by atoms with Crippen molar-refractivity contribution in [1.29, 1.82) is 0 Å². The molecule has 0 aliphatic heterocycles. The summed E-state index contributed by atoms with van der Waals surface area (Å²) in [7, 11) is 0. The van der Waals surface area contributed by atoms with Gasteiger partial charge in [0.1, 0.15) is 5.75 Å². The second-order valence-corrected chi connectivity index (χ2v) is 4.43. The summed E-state index contributed by atoms with van der Waals surface area (Å²) >= 11 is 3.45. The summed E-state index contributed by atoms with van der Waals surface area (Å²) < 4.78 is 2.75. The number of imidazole rings is 1. The molecular formula is C13H9BrN2O. The van der Waals surface area contributed by atoms with E-state index in [1.165, 1.54) is 0 Å². The molecule has 0 spiro atoms. The van der Waals surface area contributed by atoms with Crippen LogP contribution in [0.25, 0.3) is 16.7 Å². The van der Waals surface area contributed by atoms with Crippen LogP contribution in [0.2, 0.25) is 0 Å². The third-order valence-corrected chi connectivity index (χ3v) is 3.16. The van der Waals surface area contributed by atoms with Gasteiger partial charge in [-0.1, -0.05) is 12.1 Å². The molecule has 0 unspecified atom stereocenters. The van der Waals surface area contributed by atoms with E-state index in [-0.39, 0.29) is 5.75 Å². The number of hydrogen-bond donors (Lipinski definition) is 1. The number of phenolic OH excluding ortho intramolecular Hbond substituents is 1. The van der Waals surface area contributed by atoms with Crippen LogP contribution in [0.15, 0.2) is 53.3 Å². The number of nitrogens with zero attached hydrogens (tertiary/aromatic N) is 2. The molecule has 3 aromatic rings. The Morgan fingerprint density at radius 1 is 1.00 bits per heavy atom. The van der Waals surface area contributed by atoms with Crippen molar-refractivity contribution in [3.05, 3.63) is 53.3 Å². The van der Waals surface area contributed by atoms with Crippen LogP contribution < -0.4 is 0 Å². The van der Waals surface area contributed by atoms with Gasteiger partial charge in [0.2, 0.25) is 0 Å². The normalized spacial score (nSPS) is 10.9. The number of halogens is 1. The molecule has 1 aromatic heterocycles. The highest BCUT2D eigenvalue weighted by Gasteiger charge is 2.09. The molecule has 3 rings (SSSR count). The minimum atomic E-state index is 0.259. The summed E-state index contributed by atoms with van der Waals surface area (Å²) in [6.07, 6.45) is 0. The number of aromatic nitrogens is 2. The van der Waals surface area contributed by atoms with Gasteiger partial charge in [-0.05, 0) is 52.3 Å². The van der Waals surface area contributed by atoms with Gasteiger partial charge >= 0.3 is 0 Å². The Morgan fingerprint density at radius 3 is 2.47 bits per heavy atom. The predicted molar refractivity (Wildman–Crippen MR) is 70.4 cm³/mol. The van der Waals surface area contributed by atoms with E-state index in [0.717, 1.165) is 21.5 Å². The number of rotatable bonds is 1. The molecule has 0 atom stereocenters. The van der Waals surface area contributed by atoms with E-state index < -0.39 is 0 Å². The Hall–Kier alpha value is -1.81. The number of para-hydroxylation sites is 2. The van der Waals surface area contributed by atoms with Gasteiger partial charge in [-0.25, -0.2) is 4.98 Å². The van der Waals surface area contributed by atoms with Crippen LogP contribution in [0.3, 0.4) is 0 Å². The molecule has 4 heteroatoms. The SMILES string of the molecule is Oc1ccc(-n2c(Br)nc3ccccc32)cc1. The topological polar surface area (TPSA) is 38.0 Å². The Balaban J connectivity index is 2.29. The number of aromatic hydroxyl groups is 1. The molecule has 0 saturated carbocycles. The van der Waals surface area contributed by atoms with E-state index in [1.54, 1.807) is 12.1 Å². The quantitative estimate of drug-likeness (QED) is 0.744. The smallest absolute Gasteiger partial charge is 0.182 e. The highest BCUT2D eigenvalue weighted by atomic mass is 79.9. The van der Waals surface area contributed by atoms with Crippen molar-refractivity contribution in [1.82, 2.24) is 9.55 Å². The third-order valence-electron chi connectivity index (χ3n) is 2.63. The van der Waals surface area contributed by atoms with Gasteiger partial charge in [-0.15, -0.1) is 0 Å². The zero-order valence-corrected chi connectivity index (χ0v) is 10.4. The maximum atomic E-state index is 9.30. The molecule has 2 aromatic carbocycles. The number of fused-ring (bicyclic) bond motifs is 1. The molecule has 0 aliphatic rings. The van der Waals surface area contributed by atoms with E-state index in [4.69, 9.17) is 0 Å². The standard InChI is InChI=1S/C13H9BrN2O/c14-13-15-11-3-1-2-4-12(11)16(13)9-5-7-10(17)8-6-9/h1-8,17H. The van der Waals surface area contributed by atoms with Crippen LogP contribution in [-0.2, 0) is 0 Å². The average Bonchev–Trinajstić information content (AvgIpc) is 2.66. The molecule has 84 valence electrons. The van der Waals surface area contributed by atoms with Crippen LogP contribution in [-0.4, -0.2) is 14.7 Å². The van der Waals surface area contributed by atoms with Crippen LogP contribution in [0.4, 0.5) is 0 Å². The number of hydrogen-bond acceptors (Lipinski definition) is 2. The van der Waals surface area contributed by atoms with Crippen molar-refractivity contribution >= 4 is 27.0 Å². The van der Waals surface area contributed by atoms with Gasteiger partial charge < -0.3 is 5.11 Å². The Kier molecular flexibility index (Phi) is 2.37. The molecule has 0 amide bonds. The molecule has 3 nitrogen and oxygen atoms in total. The molecule has 0 saturated heterocycles. The summed E-state index contributed by atoms with van der Waals surface area (Å²) in [5.74, 6) is 0.259. The molecule has 0 bridgehead atoms. The summed E-state index contributed by atoms with van der Waals surface area (Å²) in [5, 5.41) is 9.30. The fraction of sp³-hybridized carbons (Fsp3) is 0. The van der Waals surface area contributed by atoms with Crippen molar-refractivity contribution in [3.8, 4) is 11.4 Å². The van der Waals surface area contributed by atoms with Crippen molar-refractivity contribution < 1.29 is 5.11 Å². The lowest BCUT2D eigenvalue weighted by molar-refractivity contribution is 0.475. The molecule has 1 heterocycles. The van der Waals surface area contributed by atoms with E-state index in [0.29, 0.717) is 0 Å². The fourth-order valence-corrected chi connectivity index (χ4v) is 2.43. The zero-order valence-electron chi connectivity index (χ0n) is 8.84. The molecule has 0 fully saturated rings. The maximum absolute atomic E-state index is 9.30. The maximum Gasteiger partial charge on any atom is 0.182 e. The lowest BCUT2D eigenvalue weighted by atomic mass is 10.2. The predicted octanol–water partition coefficient (Wildman–Crippen LogP) is 3.49. The Labute approximate surface area is 106 Å². The van der Waals surface area contributed by atoms with Gasteiger partial charge in [-0.3, -0.25) is 4.57 Å². The van der Waals surface area contributed by atoms with Crippen molar-refractivity contribution in [2.45, 2.75) is 0 Å². The summed E-state index contributed by atoms with van der Waals surface area (Å²) in [5.41, 5.74) is 2.93. The highest BCUT2D eigenvalue weighted by Crippen LogP contribution is 2.25. The molecule has 1 N–H and O–H groups in total. The van der Waals surface area contributed by atoms with Gasteiger partial charge in [0.15, 0.2) is 4.73 Å². The minimum Gasteiger partial charge on any atom is -0.508 e. The summed E-state index contributed by atoms with van der Waals surface area (Å²) in [6.45, 7) is 0. The number of phenols is 1. The molecule has 0 radical (unpaired) electrons. The van der Waals surface area contributed by atoms with Crippen molar-refractivity contribution in [2.75, 3.05) is 0 Å². The third kappa shape index (κ3) is 1.70. The lowest BCUT2D eigenvalue weighted by Gasteiger charge is -2.05. The second-order valence-electron chi connectivity index (χ2n) is 3.72. The first kappa shape index (κ1) is 10.4. The molecule has 0 aliphatic carbocycles. The Morgan fingerprint density at radius 2 is 1.71 bits per heavy atom. The van der Waals surface area contributed by atoms with Crippen LogP contribution in [0.5, 0.6) is 5.75 Å². The monoisotopic (exact) mass is 288 g/mol. The van der Waals surface area contributed by atoms with Gasteiger partial charge in [-0.2, -0.15) is 0 Å². The van der Waals surface area contributed by atoms with Crippen molar-refractivity contribution in [2.24, 2.45) is 0 Å². The second kappa shape index (κ2) is 3.89. The van der Waals surface area contributed by atoms with Gasteiger partial charge in [0.25, 0.3) is 0 Å². The first-order valence-electron chi connectivity index (χ1n) is 5.18. The largest absolute Gasteiger partial charge is 0.508 e. The van der Waals surface area contributed by atoms with Crippen LogP contribution in [0.1, 0.15) is 0 Å². The van der Waals surface area contributed by atoms with E-state index in [1.807, 2.05) is 41.0 Å². The lowest BCUT2D eigenvalue weighted by Crippen LogP contribution is -1.93. The van der Waals surface area contributed by atoms with E-state index in [2.05, 4.69) is 20.9 Å². The average molecular weight is 289 g/mol. The number of benzene rings is 2. The van der Waals surface area contributed by atoms with Gasteiger partial charge in [0, 0.05) is 5.69 Å².